The summed E-state index contributed by atoms with van der Waals surface area (Å²) in [4.78, 5) is 24.6. The molecule has 0 aromatic carbocycles. The fraction of sp³-hybridized carbons (Fsp3) is 0.918. The first-order valence-electron chi connectivity index (χ1n) is 36.1. The molecule has 0 aliphatic rings. The van der Waals surface area contributed by atoms with Crippen molar-refractivity contribution in [2.24, 2.45) is 0 Å². The largest absolute Gasteiger partial charge is 0.466 e. The molecule has 6 heteroatoms. The Labute approximate surface area is 494 Å². The lowest BCUT2D eigenvalue weighted by Crippen LogP contribution is -2.45. The van der Waals surface area contributed by atoms with Crippen molar-refractivity contribution in [3.8, 4) is 0 Å². The van der Waals surface area contributed by atoms with Gasteiger partial charge in [-0.15, -0.1) is 0 Å². The first-order valence-corrected chi connectivity index (χ1v) is 36.1. The maximum atomic E-state index is 12.5. The van der Waals surface area contributed by atoms with Crippen molar-refractivity contribution in [2.45, 2.75) is 418 Å². The first kappa shape index (κ1) is 77.3. The van der Waals surface area contributed by atoms with Crippen molar-refractivity contribution in [1.82, 2.24) is 5.32 Å². The van der Waals surface area contributed by atoms with Crippen LogP contribution >= 0.6 is 0 Å². The summed E-state index contributed by atoms with van der Waals surface area (Å²) in [5.41, 5.74) is 0. The molecule has 2 atom stereocenters. The minimum atomic E-state index is -0.661. The summed E-state index contributed by atoms with van der Waals surface area (Å²) < 4.78 is 5.51. The molecule has 0 rings (SSSR count). The fourth-order valence-electron chi connectivity index (χ4n) is 11.5. The van der Waals surface area contributed by atoms with Crippen LogP contribution in [0.25, 0.3) is 0 Å². The zero-order valence-electron chi connectivity index (χ0n) is 53.6. The molecule has 1 amide bonds. The molecule has 3 N–H and O–H groups in total. The molecule has 79 heavy (non-hydrogen) atoms. The predicted octanol–water partition coefficient (Wildman–Crippen LogP) is 23.3. The smallest absolute Gasteiger partial charge is 0.305 e. The van der Waals surface area contributed by atoms with E-state index in [2.05, 4.69) is 43.5 Å². The van der Waals surface area contributed by atoms with Gasteiger partial charge in [0.1, 0.15) is 0 Å². The Bertz CT molecular complexity index is 1230. The third kappa shape index (κ3) is 65.4. The Morgan fingerprint density at radius 1 is 0.354 bits per heavy atom. The van der Waals surface area contributed by atoms with Gasteiger partial charge in [0.25, 0.3) is 0 Å². The van der Waals surface area contributed by atoms with Gasteiger partial charge in [-0.25, -0.2) is 0 Å². The van der Waals surface area contributed by atoms with Crippen LogP contribution in [0.2, 0.25) is 0 Å². The summed E-state index contributed by atoms with van der Waals surface area (Å²) in [5, 5.41) is 23.3. The van der Waals surface area contributed by atoms with Crippen molar-refractivity contribution in [3.63, 3.8) is 0 Å². The molecule has 0 aromatic rings. The van der Waals surface area contributed by atoms with Gasteiger partial charge in [-0.05, 0) is 57.8 Å². The van der Waals surface area contributed by atoms with E-state index in [-0.39, 0.29) is 18.5 Å². The zero-order chi connectivity index (χ0) is 57.1. The molecule has 0 spiro atoms. The van der Waals surface area contributed by atoms with Crippen LogP contribution in [0.4, 0.5) is 0 Å². The molecule has 0 aliphatic carbocycles. The van der Waals surface area contributed by atoms with E-state index >= 15 is 0 Å². The average molecular weight is 1110 g/mol. The molecule has 0 aliphatic heterocycles. The van der Waals surface area contributed by atoms with Crippen molar-refractivity contribution < 1.29 is 24.5 Å². The number of amides is 1. The maximum absolute atomic E-state index is 12.5. The number of esters is 1. The number of ether oxygens (including phenoxy) is 1. The molecular weight excluding hydrogens is 971 g/mol. The molecular formula is C73H141NO5. The lowest BCUT2D eigenvalue weighted by Gasteiger charge is -2.22. The third-order valence-electron chi connectivity index (χ3n) is 17.0. The van der Waals surface area contributed by atoms with Gasteiger partial charge in [0.05, 0.1) is 25.4 Å². The Morgan fingerprint density at radius 2 is 0.633 bits per heavy atom. The quantitative estimate of drug-likeness (QED) is 0.0320. The minimum Gasteiger partial charge on any atom is -0.466 e. The van der Waals surface area contributed by atoms with Gasteiger partial charge in [-0.2, -0.15) is 0 Å². The first-order chi connectivity index (χ1) is 39.0. The summed E-state index contributed by atoms with van der Waals surface area (Å²) in [5.74, 6) is -0.0123. The molecule has 6 nitrogen and oxygen atoms in total. The summed E-state index contributed by atoms with van der Waals surface area (Å²) >= 11 is 0. The highest BCUT2D eigenvalue weighted by Gasteiger charge is 2.20. The van der Waals surface area contributed by atoms with Crippen LogP contribution in [0, 0.1) is 0 Å². The second kappa shape index (κ2) is 68.8. The average Bonchev–Trinajstić information content (AvgIpc) is 3.45. The Kier molecular flexibility index (Phi) is 67.4. The van der Waals surface area contributed by atoms with E-state index in [9.17, 15) is 19.8 Å². The normalized spacial score (nSPS) is 12.6. The molecule has 0 heterocycles. The SMILES string of the molecule is CCCCC/C=C\C/C=C\CCCCCCCCCCCC(=O)OCCCCCCCCCCCCCCCCCCCCCCCCCCCCCCCC(=O)NC(CO)C(O)CCCCCCCCCCCCCCCC. The maximum Gasteiger partial charge on any atom is 0.305 e. The Morgan fingerprint density at radius 3 is 0.987 bits per heavy atom. The second-order valence-corrected chi connectivity index (χ2v) is 24.9. The number of nitrogens with one attached hydrogen (secondary N) is 1. The van der Waals surface area contributed by atoms with E-state index in [0.717, 1.165) is 51.4 Å². The van der Waals surface area contributed by atoms with E-state index in [1.807, 2.05) is 0 Å². The molecule has 0 radical (unpaired) electrons. The van der Waals surface area contributed by atoms with Crippen LogP contribution in [0.5, 0.6) is 0 Å². The van der Waals surface area contributed by atoms with Gasteiger partial charge < -0.3 is 20.3 Å². The highest BCUT2D eigenvalue weighted by Crippen LogP contribution is 2.19. The molecule has 0 bridgehead atoms. The van der Waals surface area contributed by atoms with Crippen molar-refractivity contribution in [1.29, 1.82) is 0 Å². The molecule has 0 saturated heterocycles. The van der Waals surface area contributed by atoms with Crippen LogP contribution in [0.1, 0.15) is 406 Å². The van der Waals surface area contributed by atoms with E-state index in [1.165, 1.54) is 321 Å². The third-order valence-corrected chi connectivity index (χ3v) is 17.0. The van der Waals surface area contributed by atoms with Crippen molar-refractivity contribution in [2.75, 3.05) is 13.2 Å². The molecule has 468 valence electrons. The van der Waals surface area contributed by atoms with Gasteiger partial charge in [0.2, 0.25) is 5.91 Å². The molecule has 0 saturated carbocycles. The van der Waals surface area contributed by atoms with Crippen LogP contribution in [0.3, 0.4) is 0 Å². The number of unbranched alkanes of at least 4 members (excludes halogenated alkanes) is 53. The van der Waals surface area contributed by atoms with Crippen molar-refractivity contribution >= 4 is 11.9 Å². The summed E-state index contributed by atoms with van der Waals surface area (Å²) in [6, 6.07) is -0.538. The number of allylic oxidation sites excluding steroid dienone is 4. The topological polar surface area (TPSA) is 95.9 Å². The van der Waals surface area contributed by atoms with E-state index < -0.39 is 12.1 Å². The molecule has 0 aromatic heterocycles. The monoisotopic (exact) mass is 1110 g/mol. The number of aliphatic hydroxyl groups is 2. The minimum absolute atomic E-state index is 0.0164. The summed E-state index contributed by atoms with van der Waals surface area (Å²) in [6.45, 7) is 4.96. The molecule has 2 unspecified atom stereocenters. The zero-order valence-corrected chi connectivity index (χ0v) is 53.6. The lowest BCUT2D eigenvalue weighted by atomic mass is 10.0. The number of aliphatic hydroxyl groups excluding tert-OH is 2. The van der Waals surface area contributed by atoms with Gasteiger partial charge in [-0.3, -0.25) is 9.59 Å². The van der Waals surface area contributed by atoms with Gasteiger partial charge in [-0.1, -0.05) is 359 Å². The predicted molar refractivity (Wildman–Crippen MR) is 347 cm³/mol. The van der Waals surface area contributed by atoms with E-state index in [0.29, 0.717) is 25.9 Å². The second-order valence-electron chi connectivity index (χ2n) is 24.9. The fourth-order valence-corrected chi connectivity index (χ4v) is 11.5. The number of carbonyl (C=O) groups excluding carboxylic acids is 2. The van der Waals surface area contributed by atoms with E-state index in [4.69, 9.17) is 4.74 Å². The van der Waals surface area contributed by atoms with Crippen LogP contribution < -0.4 is 5.32 Å². The molecule has 0 fully saturated rings. The Hall–Kier alpha value is -1.66. The van der Waals surface area contributed by atoms with Gasteiger partial charge >= 0.3 is 5.97 Å². The van der Waals surface area contributed by atoms with Gasteiger partial charge in [0.15, 0.2) is 0 Å². The van der Waals surface area contributed by atoms with Crippen LogP contribution in [0.15, 0.2) is 24.3 Å². The highest BCUT2D eigenvalue weighted by atomic mass is 16.5. The number of hydrogen-bond acceptors (Lipinski definition) is 5. The highest BCUT2D eigenvalue weighted by molar-refractivity contribution is 5.76. The van der Waals surface area contributed by atoms with E-state index in [1.54, 1.807) is 0 Å². The summed E-state index contributed by atoms with van der Waals surface area (Å²) in [6.07, 6.45) is 86.6. The summed E-state index contributed by atoms with van der Waals surface area (Å²) in [7, 11) is 0. The standard InChI is InChI=1S/C73H141NO5/c1-3-5-7-9-11-13-15-17-19-20-32-36-39-43-47-51-55-59-63-67-73(78)79-68-64-60-56-52-48-44-40-37-34-31-29-27-25-23-21-22-24-26-28-30-33-35-38-42-46-50-54-58-62-66-72(77)74-70(69-75)71(76)65-61-57-53-49-45-41-18-16-14-12-10-8-6-4-2/h11,13,17,19,70-71,75-76H,3-10,12,14-16,18,20-69H2,1-2H3,(H,74,77)/b13-11-,19-17-. The Balaban J connectivity index is 3.31. The number of carbonyl (C=O) groups is 2. The van der Waals surface area contributed by atoms with Crippen LogP contribution in [-0.4, -0.2) is 47.4 Å². The van der Waals surface area contributed by atoms with Crippen LogP contribution in [-0.2, 0) is 14.3 Å². The number of rotatable bonds is 68. The van der Waals surface area contributed by atoms with Gasteiger partial charge in [0, 0.05) is 12.8 Å². The lowest BCUT2D eigenvalue weighted by molar-refractivity contribution is -0.143. The van der Waals surface area contributed by atoms with Crippen molar-refractivity contribution in [3.05, 3.63) is 24.3 Å². The number of hydrogen-bond donors (Lipinski definition) is 3.